The SMILES string of the molecule is COC(=O)CNC(=O)CCC(=O)NCC(=O)OC. The van der Waals surface area contributed by atoms with Crippen molar-refractivity contribution < 1.29 is 28.7 Å². The van der Waals surface area contributed by atoms with Crippen LogP contribution in [0.1, 0.15) is 12.8 Å². The molecule has 0 aromatic heterocycles. The summed E-state index contributed by atoms with van der Waals surface area (Å²) in [5.41, 5.74) is 0. The van der Waals surface area contributed by atoms with Crippen molar-refractivity contribution in [1.82, 2.24) is 10.6 Å². The van der Waals surface area contributed by atoms with Crippen LogP contribution in [0.3, 0.4) is 0 Å². The minimum atomic E-state index is -0.571. The Kier molecular flexibility index (Phi) is 7.91. The number of nitrogens with one attached hydrogen (secondary N) is 2. The Morgan fingerprint density at radius 1 is 0.778 bits per heavy atom. The largest absolute Gasteiger partial charge is 0.468 e. The summed E-state index contributed by atoms with van der Waals surface area (Å²) in [6.07, 6.45) is -0.159. The van der Waals surface area contributed by atoms with Gasteiger partial charge < -0.3 is 20.1 Å². The first-order valence-electron chi connectivity index (χ1n) is 5.16. The summed E-state index contributed by atoms with van der Waals surface area (Å²) < 4.78 is 8.64. The molecule has 0 saturated carbocycles. The fraction of sp³-hybridized carbons (Fsp3) is 0.600. The molecule has 0 fully saturated rings. The maximum atomic E-state index is 11.2. The predicted octanol–water partition coefficient (Wildman–Crippen LogP) is -1.65. The van der Waals surface area contributed by atoms with Crippen LogP contribution >= 0.6 is 0 Å². The van der Waals surface area contributed by atoms with Crippen LogP contribution in [0.2, 0.25) is 0 Å². The molecule has 0 bridgehead atoms. The van der Waals surface area contributed by atoms with Crippen LogP contribution in [0, 0.1) is 0 Å². The first-order chi connectivity index (χ1) is 8.49. The number of carbonyl (C=O) groups is 4. The lowest BCUT2D eigenvalue weighted by Gasteiger charge is -2.04. The molecule has 102 valence electrons. The normalized spacial score (nSPS) is 9.22. The van der Waals surface area contributed by atoms with Gasteiger partial charge in [0, 0.05) is 12.8 Å². The molecular formula is C10H16N2O6. The standard InChI is InChI=1S/C10H16N2O6/c1-17-9(15)5-11-7(13)3-4-8(14)12-6-10(16)18-2/h3-6H2,1-2H3,(H,11,13)(H,12,14). The average Bonchev–Trinajstić information content (AvgIpc) is 2.39. The van der Waals surface area contributed by atoms with E-state index in [4.69, 9.17) is 0 Å². The predicted molar refractivity (Wildman–Crippen MR) is 59.3 cm³/mol. The van der Waals surface area contributed by atoms with Crippen molar-refractivity contribution in [2.75, 3.05) is 27.3 Å². The van der Waals surface area contributed by atoms with Crippen LogP contribution < -0.4 is 10.6 Å². The molecule has 8 nitrogen and oxygen atoms in total. The number of rotatable bonds is 7. The van der Waals surface area contributed by atoms with E-state index in [-0.39, 0.29) is 25.9 Å². The molecule has 0 aliphatic carbocycles. The van der Waals surface area contributed by atoms with Crippen LogP contribution in [-0.4, -0.2) is 51.1 Å². The molecule has 18 heavy (non-hydrogen) atoms. The first-order valence-corrected chi connectivity index (χ1v) is 5.16. The minimum Gasteiger partial charge on any atom is -0.468 e. The average molecular weight is 260 g/mol. The summed E-state index contributed by atoms with van der Waals surface area (Å²) >= 11 is 0. The van der Waals surface area contributed by atoms with Gasteiger partial charge in [-0.3, -0.25) is 19.2 Å². The van der Waals surface area contributed by atoms with Gasteiger partial charge in [-0.05, 0) is 0 Å². The Bertz CT molecular complexity index is 296. The first kappa shape index (κ1) is 15.9. The molecule has 0 aromatic carbocycles. The smallest absolute Gasteiger partial charge is 0.325 e. The summed E-state index contributed by atoms with van der Waals surface area (Å²) in [6.45, 7) is -0.474. The molecule has 0 rings (SSSR count). The molecule has 0 saturated heterocycles. The highest BCUT2D eigenvalue weighted by molar-refractivity contribution is 5.87. The van der Waals surface area contributed by atoms with E-state index in [1.807, 2.05) is 0 Å². The molecule has 0 heterocycles. The van der Waals surface area contributed by atoms with E-state index in [1.165, 1.54) is 14.2 Å². The highest BCUT2D eigenvalue weighted by Crippen LogP contribution is 1.89. The van der Waals surface area contributed by atoms with E-state index in [9.17, 15) is 19.2 Å². The van der Waals surface area contributed by atoms with Crippen LogP contribution in [0.5, 0.6) is 0 Å². The van der Waals surface area contributed by atoms with Gasteiger partial charge >= 0.3 is 11.9 Å². The Balaban J connectivity index is 3.68. The number of hydrogen-bond acceptors (Lipinski definition) is 6. The lowest BCUT2D eigenvalue weighted by molar-refractivity contribution is -0.142. The molecule has 0 aromatic rings. The maximum Gasteiger partial charge on any atom is 0.325 e. The summed E-state index contributed by atoms with van der Waals surface area (Å²) in [6, 6.07) is 0. The molecule has 0 aliphatic heterocycles. The molecule has 0 unspecified atom stereocenters. The fourth-order valence-corrected chi connectivity index (χ4v) is 0.890. The molecule has 0 atom stereocenters. The zero-order chi connectivity index (χ0) is 14.0. The van der Waals surface area contributed by atoms with Crippen LogP contribution in [0.4, 0.5) is 0 Å². The van der Waals surface area contributed by atoms with E-state index in [0.29, 0.717) is 0 Å². The maximum absolute atomic E-state index is 11.2. The van der Waals surface area contributed by atoms with Crippen molar-refractivity contribution in [3.63, 3.8) is 0 Å². The van der Waals surface area contributed by atoms with E-state index in [0.717, 1.165) is 0 Å². The number of carbonyl (C=O) groups excluding carboxylic acids is 4. The van der Waals surface area contributed by atoms with Crippen molar-refractivity contribution in [2.24, 2.45) is 0 Å². The summed E-state index contributed by atoms with van der Waals surface area (Å²) in [5.74, 6) is -2.04. The van der Waals surface area contributed by atoms with E-state index < -0.39 is 23.8 Å². The molecule has 2 N–H and O–H groups in total. The van der Waals surface area contributed by atoms with Gasteiger partial charge in [-0.15, -0.1) is 0 Å². The Labute approximate surface area is 104 Å². The number of esters is 2. The second kappa shape index (κ2) is 8.97. The number of hydrogen-bond donors (Lipinski definition) is 2. The van der Waals surface area contributed by atoms with Crippen molar-refractivity contribution in [2.45, 2.75) is 12.8 Å². The van der Waals surface area contributed by atoms with Gasteiger partial charge in [0.25, 0.3) is 0 Å². The lowest BCUT2D eigenvalue weighted by atomic mass is 10.3. The summed E-state index contributed by atoms with van der Waals surface area (Å²) in [5, 5.41) is 4.56. The minimum absolute atomic E-state index is 0.0794. The monoisotopic (exact) mass is 260 g/mol. The molecule has 0 aliphatic rings. The number of amides is 2. The topological polar surface area (TPSA) is 111 Å². The van der Waals surface area contributed by atoms with Crippen molar-refractivity contribution in [3.05, 3.63) is 0 Å². The second-order valence-corrected chi connectivity index (χ2v) is 3.21. The van der Waals surface area contributed by atoms with E-state index in [1.54, 1.807) is 0 Å². The van der Waals surface area contributed by atoms with Crippen LogP contribution in [-0.2, 0) is 28.7 Å². The Morgan fingerprint density at radius 3 is 1.39 bits per heavy atom. The number of methoxy groups -OCH3 is 2. The van der Waals surface area contributed by atoms with Gasteiger partial charge in [0.05, 0.1) is 14.2 Å². The highest BCUT2D eigenvalue weighted by atomic mass is 16.5. The fourth-order valence-electron chi connectivity index (χ4n) is 0.890. The zero-order valence-electron chi connectivity index (χ0n) is 10.3. The third-order valence-electron chi connectivity index (χ3n) is 1.89. The van der Waals surface area contributed by atoms with Crippen molar-refractivity contribution >= 4 is 23.8 Å². The van der Waals surface area contributed by atoms with Crippen molar-refractivity contribution in [1.29, 1.82) is 0 Å². The molecule has 2 amide bonds. The lowest BCUT2D eigenvalue weighted by Crippen LogP contribution is -2.33. The van der Waals surface area contributed by atoms with E-state index >= 15 is 0 Å². The van der Waals surface area contributed by atoms with Crippen LogP contribution in [0.15, 0.2) is 0 Å². The van der Waals surface area contributed by atoms with Gasteiger partial charge in [-0.1, -0.05) is 0 Å². The third-order valence-corrected chi connectivity index (χ3v) is 1.89. The quantitative estimate of drug-likeness (QED) is 0.530. The summed E-state index contributed by atoms with van der Waals surface area (Å²) in [4.78, 5) is 43.7. The van der Waals surface area contributed by atoms with Gasteiger partial charge in [0.15, 0.2) is 0 Å². The number of ether oxygens (including phenoxy) is 2. The van der Waals surface area contributed by atoms with Gasteiger partial charge in [0.2, 0.25) is 11.8 Å². The molecular weight excluding hydrogens is 244 g/mol. The van der Waals surface area contributed by atoms with Crippen molar-refractivity contribution in [3.8, 4) is 0 Å². The molecule has 8 heteroatoms. The van der Waals surface area contributed by atoms with Gasteiger partial charge in [-0.25, -0.2) is 0 Å². The van der Waals surface area contributed by atoms with E-state index in [2.05, 4.69) is 20.1 Å². The van der Waals surface area contributed by atoms with Gasteiger partial charge in [0.1, 0.15) is 13.1 Å². The zero-order valence-corrected chi connectivity index (χ0v) is 10.3. The Hall–Kier alpha value is -2.12. The van der Waals surface area contributed by atoms with Crippen LogP contribution in [0.25, 0.3) is 0 Å². The van der Waals surface area contributed by atoms with Gasteiger partial charge in [-0.2, -0.15) is 0 Å². The highest BCUT2D eigenvalue weighted by Gasteiger charge is 2.09. The molecule has 0 spiro atoms. The Morgan fingerprint density at radius 2 is 1.11 bits per heavy atom. The second-order valence-electron chi connectivity index (χ2n) is 3.21. The molecule has 0 radical (unpaired) electrons. The third kappa shape index (κ3) is 8.08. The summed E-state index contributed by atoms with van der Waals surface area (Å²) in [7, 11) is 2.41.